The Hall–Kier alpha value is -3.19. The van der Waals surface area contributed by atoms with Crippen LogP contribution >= 0.6 is 12.2 Å². The van der Waals surface area contributed by atoms with Crippen LogP contribution in [-0.2, 0) is 0 Å². The summed E-state index contributed by atoms with van der Waals surface area (Å²) in [4.78, 5) is 11.9. The molecule has 0 unspecified atom stereocenters. The van der Waals surface area contributed by atoms with E-state index in [1.54, 1.807) is 48.5 Å². The third-order valence-electron chi connectivity index (χ3n) is 3.52. The number of halogens is 1. The van der Waals surface area contributed by atoms with Crippen molar-refractivity contribution in [3.8, 4) is 0 Å². The van der Waals surface area contributed by atoms with Crippen molar-refractivity contribution in [2.24, 2.45) is 0 Å². The minimum atomic E-state index is -0.379. The number of hydrogen-bond acceptors (Lipinski definition) is 3. The number of amides is 1. The standard InChI is InChI=1S/C19H16FN3O2S/c1-12-4-9-15(20)16(11-12)23-19(26)22-14-7-5-13(6-8-14)21-18(24)17-3-2-10-25-17/h2-11H,1H3,(H,21,24)(H2,22,23,26). The molecule has 0 saturated heterocycles. The lowest BCUT2D eigenvalue weighted by Gasteiger charge is -2.12. The molecule has 1 heterocycles. The molecule has 1 aromatic heterocycles. The zero-order chi connectivity index (χ0) is 18.5. The topological polar surface area (TPSA) is 66.3 Å². The lowest BCUT2D eigenvalue weighted by Crippen LogP contribution is -2.20. The van der Waals surface area contributed by atoms with Crippen LogP contribution in [0, 0.1) is 12.7 Å². The predicted octanol–water partition coefficient (Wildman–Crippen LogP) is 4.79. The molecule has 3 aromatic rings. The van der Waals surface area contributed by atoms with Crippen LogP contribution in [0.5, 0.6) is 0 Å². The monoisotopic (exact) mass is 369 g/mol. The molecule has 0 radical (unpaired) electrons. The van der Waals surface area contributed by atoms with Crippen molar-refractivity contribution >= 4 is 40.3 Å². The Morgan fingerprint density at radius 1 is 1.00 bits per heavy atom. The van der Waals surface area contributed by atoms with Crippen LogP contribution in [0.2, 0.25) is 0 Å². The zero-order valence-corrected chi connectivity index (χ0v) is 14.7. The maximum atomic E-state index is 13.8. The smallest absolute Gasteiger partial charge is 0.291 e. The molecule has 0 fully saturated rings. The molecule has 1 amide bonds. The molecule has 0 bridgehead atoms. The van der Waals surface area contributed by atoms with E-state index in [4.69, 9.17) is 16.6 Å². The first-order valence-electron chi connectivity index (χ1n) is 7.80. The Labute approximate surface area is 155 Å². The first kappa shape index (κ1) is 17.6. The van der Waals surface area contributed by atoms with Crippen LogP contribution in [0.4, 0.5) is 21.5 Å². The molecule has 0 aliphatic heterocycles. The SMILES string of the molecule is Cc1ccc(F)c(NC(=S)Nc2ccc(NC(=O)c3ccco3)cc2)c1. The van der Waals surface area contributed by atoms with Crippen molar-refractivity contribution in [3.05, 3.63) is 78.0 Å². The van der Waals surface area contributed by atoms with E-state index in [0.29, 0.717) is 17.1 Å². The van der Waals surface area contributed by atoms with E-state index < -0.39 is 0 Å². The molecule has 26 heavy (non-hydrogen) atoms. The molecular formula is C19H16FN3O2S. The van der Waals surface area contributed by atoms with E-state index in [1.165, 1.54) is 12.3 Å². The van der Waals surface area contributed by atoms with Crippen molar-refractivity contribution in [3.63, 3.8) is 0 Å². The van der Waals surface area contributed by atoms with Gasteiger partial charge in [-0.05, 0) is 73.2 Å². The van der Waals surface area contributed by atoms with Gasteiger partial charge in [0.1, 0.15) is 5.82 Å². The van der Waals surface area contributed by atoms with Crippen molar-refractivity contribution in [2.45, 2.75) is 6.92 Å². The van der Waals surface area contributed by atoms with E-state index in [-0.39, 0.29) is 22.6 Å². The summed E-state index contributed by atoms with van der Waals surface area (Å²) in [6.45, 7) is 1.87. The molecule has 3 N–H and O–H groups in total. The van der Waals surface area contributed by atoms with Crippen LogP contribution in [0.3, 0.4) is 0 Å². The average molecular weight is 369 g/mol. The average Bonchev–Trinajstić information content (AvgIpc) is 3.14. The molecule has 0 aliphatic rings. The van der Waals surface area contributed by atoms with Gasteiger partial charge in [0.2, 0.25) is 0 Å². The van der Waals surface area contributed by atoms with Crippen LogP contribution in [0.1, 0.15) is 16.1 Å². The number of carbonyl (C=O) groups excluding carboxylic acids is 1. The van der Waals surface area contributed by atoms with Gasteiger partial charge in [0.05, 0.1) is 12.0 Å². The number of carbonyl (C=O) groups is 1. The third-order valence-corrected chi connectivity index (χ3v) is 3.72. The highest BCUT2D eigenvalue weighted by molar-refractivity contribution is 7.80. The van der Waals surface area contributed by atoms with Crippen molar-refractivity contribution in [2.75, 3.05) is 16.0 Å². The summed E-state index contributed by atoms with van der Waals surface area (Å²) in [5, 5.41) is 8.78. The predicted molar refractivity (Wildman–Crippen MR) is 104 cm³/mol. The number of thiocarbonyl (C=S) groups is 1. The summed E-state index contributed by atoms with van der Waals surface area (Å²) in [5.74, 6) is -0.476. The van der Waals surface area contributed by atoms with Gasteiger partial charge in [-0.15, -0.1) is 0 Å². The second kappa shape index (κ2) is 7.79. The Kier molecular flexibility index (Phi) is 5.28. The van der Waals surface area contributed by atoms with E-state index in [1.807, 2.05) is 6.92 Å². The number of hydrogen-bond donors (Lipinski definition) is 3. The van der Waals surface area contributed by atoms with E-state index in [0.717, 1.165) is 5.56 Å². The van der Waals surface area contributed by atoms with Crippen LogP contribution in [0.15, 0.2) is 65.3 Å². The van der Waals surface area contributed by atoms with Crippen molar-refractivity contribution < 1.29 is 13.6 Å². The molecule has 3 rings (SSSR count). The fourth-order valence-corrected chi connectivity index (χ4v) is 2.48. The maximum Gasteiger partial charge on any atom is 0.291 e. The third kappa shape index (κ3) is 4.46. The van der Waals surface area contributed by atoms with Crippen LogP contribution in [-0.4, -0.2) is 11.0 Å². The number of rotatable bonds is 4. The molecule has 0 spiro atoms. The van der Waals surface area contributed by atoms with E-state index in [2.05, 4.69) is 16.0 Å². The second-order valence-corrected chi connectivity index (χ2v) is 5.98. The summed E-state index contributed by atoms with van der Waals surface area (Å²) in [5.41, 5.74) is 2.55. The Morgan fingerprint density at radius 3 is 2.35 bits per heavy atom. The normalized spacial score (nSPS) is 10.2. The maximum absolute atomic E-state index is 13.8. The molecule has 2 aromatic carbocycles. The van der Waals surface area contributed by atoms with Gasteiger partial charge in [-0.3, -0.25) is 4.79 Å². The van der Waals surface area contributed by atoms with E-state index in [9.17, 15) is 9.18 Å². The van der Waals surface area contributed by atoms with Crippen LogP contribution in [0.25, 0.3) is 0 Å². The molecule has 0 saturated carbocycles. The molecular weight excluding hydrogens is 353 g/mol. The fraction of sp³-hybridized carbons (Fsp3) is 0.0526. The lowest BCUT2D eigenvalue weighted by atomic mass is 10.2. The highest BCUT2D eigenvalue weighted by Gasteiger charge is 2.09. The second-order valence-electron chi connectivity index (χ2n) is 5.57. The van der Waals surface area contributed by atoms with Crippen molar-refractivity contribution in [1.82, 2.24) is 0 Å². The van der Waals surface area contributed by atoms with Gasteiger partial charge < -0.3 is 20.4 Å². The largest absolute Gasteiger partial charge is 0.459 e. The van der Waals surface area contributed by atoms with Crippen LogP contribution < -0.4 is 16.0 Å². The molecule has 5 nitrogen and oxygen atoms in total. The van der Waals surface area contributed by atoms with Gasteiger partial charge >= 0.3 is 0 Å². The molecule has 0 atom stereocenters. The zero-order valence-electron chi connectivity index (χ0n) is 13.9. The summed E-state index contributed by atoms with van der Waals surface area (Å²) < 4.78 is 18.8. The van der Waals surface area contributed by atoms with Gasteiger partial charge in [-0.2, -0.15) is 0 Å². The Bertz CT molecular complexity index is 924. The van der Waals surface area contributed by atoms with Gasteiger partial charge in [-0.1, -0.05) is 6.07 Å². The number of nitrogens with one attached hydrogen (secondary N) is 3. The Morgan fingerprint density at radius 2 is 1.69 bits per heavy atom. The molecule has 7 heteroatoms. The minimum Gasteiger partial charge on any atom is -0.459 e. The number of furan rings is 1. The summed E-state index contributed by atoms with van der Waals surface area (Å²) in [6, 6.07) is 14.9. The molecule has 132 valence electrons. The quantitative estimate of drug-likeness (QED) is 0.577. The number of benzene rings is 2. The first-order valence-corrected chi connectivity index (χ1v) is 8.21. The van der Waals surface area contributed by atoms with Gasteiger partial charge in [-0.25, -0.2) is 4.39 Å². The highest BCUT2D eigenvalue weighted by Crippen LogP contribution is 2.18. The Balaban J connectivity index is 1.59. The first-order chi connectivity index (χ1) is 12.5. The van der Waals surface area contributed by atoms with Gasteiger partial charge in [0.25, 0.3) is 5.91 Å². The summed E-state index contributed by atoms with van der Waals surface area (Å²) >= 11 is 5.21. The summed E-state index contributed by atoms with van der Waals surface area (Å²) in [7, 11) is 0. The summed E-state index contributed by atoms with van der Waals surface area (Å²) in [6.07, 6.45) is 1.44. The number of anilines is 3. The van der Waals surface area contributed by atoms with Gasteiger partial charge in [0, 0.05) is 11.4 Å². The molecule has 0 aliphatic carbocycles. The van der Waals surface area contributed by atoms with Gasteiger partial charge in [0.15, 0.2) is 10.9 Å². The minimum absolute atomic E-state index is 0.234. The number of aryl methyl sites for hydroxylation is 1. The lowest BCUT2D eigenvalue weighted by molar-refractivity contribution is 0.0996. The van der Waals surface area contributed by atoms with E-state index >= 15 is 0 Å². The van der Waals surface area contributed by atoms with Crippen molar-refractivity contribution in [1.29, 1.82) is 0 Å². The highest BCUT2D eigenvalue weighted by atomic mass is 32.1. The fourth-order valence-electron chi connectivity index (χ4n) is 2.26.